The molecule has 1 saturated carbocycles. The van der Waals surface area contributed by atoms with Gasteiger partial charge in [0.1, 0.15) is 12.6 Å². The van der Waals surface area contributed by atoms with Gasteiger partial charge in [0.15, 0.2) is 0 Å². The van der Waals surface area contributed by atoms with Gasteiger partial charge in [0.05, 0.1) is 15.5 Å². The van der Waals surface area contributed by atoms with Crippen molar-refractivity contribution >= 4 is 33.2 Å². The zero-order chi connectivity index (χ0) is 29.6. The number of hydrogen-bond donors (Lipinski definition) is 1. The standard InChI is InChI=1S/C30H34N4O6S/c1-22-12-14-24(15-13-22)20-32(23(2)30(36)31-25-8-6-7-9-25)29(35)21-33(26-16-18-27(19-17-26)34(37)38)41(39,40)28-10-4-3-5-11-28/h3-5,10-19,23,25H,6-9,20-21H2,1-2H3,(H,31,36)/t23-/m0/s1. The number of nitro groups is 1. The number of non-ortho nitro benzene ring substituents is 1. The zero-order valence-corrected chi connectivity index (χ0v) is 23.9. The minimum Gasteiger partial charge on any atom is -0.352 e. The van der Waals surface area contributed by atoms with Crippen molar-refractivity contribution in [1.29, 1.82) is 0 Å². The highest BCUT2D eigenvalue weighted by Gasteiger charge is 2.33. The summed E-state index contributed by atoms with van der Waals surface area (Å²) in [5.74, 6) is -0.886. The number of carbonyl (C=O) groups is 2. The average molecular weight is 579 g/mol. The van der Waals surface area contributed by atoms with Crippen LogP contribution in [0.5, 0.6) is 0 Å². The summed E-state index contributed by atoms with van der Waals surface area (Å²) in [7, 11) is -4.24. The number of nitrogens with zero attached hydrogens (tertiary/aromatic N) is 3. The summed E-state index contributed by atoms with van der Waals surface area (Å²) in [5, 5.41) is 14.2. The molecule has 3 aromatic rings. The van der Waals surface area contributed by atoms with Crippen LogP contribution in [0.3, 0.4) is 0 Å². The number of anilines is 1. The van der Waals surface area contributed by atoms with Gasteiger partial charge in [0.2, 0.25) is 11.8 Å². The van der Waals surface area contributed by atoms with Gasteiger partial charge in [-0.05, 0) is 56.5 Å². The van der Waals surface area contributed by atoms with Gasteiger partial charge in [-0.15, -0.1) is 0 Å². The number of benzene rings is 3. The van der Waals surface area contributed by atoms with Crippen molar-refractivity contribution in [3.05, 3.63) is 100 Å². The lowest BCUT2D eigenvalue weighted by Gasteiger charge is -2.32. The van der Waals surface area contributed by atoms with Crippen LogP contribution in [0.15, 0.2) is 83.8 Å². The minimum absolute atomic E-state index is 0.0386. The Morgan fingerprint density at radius 1 is 0.976 bits per heavy atom. The Labute approximate surface area is 240 Å². The Morgan fingerprint density at radius 2 is 1.59 bits per heavy atom. The Hall–Kier alpha value is -4.25. The maximum absolute atomic E-state index is 14.0. The molecule has 3 aromatic carbocycles. The summed E-state index contributed by atoms with van der Waals surface area (Å²) in [5.41, 5.74) is 1.70. The van der Waals surface area contributed by atoms with Crippen molar-refractivity contribution in [1.82, 2.24) is 10.2 Å². The van der Waals surface area contributed by atoms with Crippen molar-refractivity contribution in [3.63, 3.8) is 0 Å². The maximum atomic E-state index is 14.0. The van der Waals surface area contributed by atoms with Gasteiger partial charge < -0.3 is 10.2 Å². The maximum Gasteiger partial charge on any atom is 0.269 e. The third-order valence-electron chi connectivity index (χ3n) is 7.30. The first-order chi connectivity index (χ1) is 19.6. The van der Waals surface area contributed by atoms with E-state index in [-0.39, 0.29) is 34.8 Å². The molecule has 0 radical (unpaired) electrons. The van der Waals surface area contributed by atoms with Gasteiger partial charge in [-0.25, -0.2) is 8.42 Å². The number of hydrogen-bond acceptors (Lipinski definition) is 6. The van der Waals surface area contributed by atoms with Gasteiger partial charge in [0, 0.05) is 24.7 Å². The highest BCUT2D eigenvalue weighted by atomic mass is 32.2. The molecule has 2 amide bonds. The molecule has 0 aliphatic heterocycles. The third-order valence-corrected chi connectivity index (χ3v) is 9.09. The Bertz CT molecular complexity index is 1470. The molecular formula is C30H34N4O6S. The van der Waals surface area contributed by atoms with E-state index in [2.05, 4.69) is 5.32 Å². The van der Waals surface area contributed by atoms with E-state index in [1.165, 1.54) is 41.3 Å². The predicted molar refractivity (Wildman–Crippen MR) is 156 cm³/mol. The molecule has 0 saturated heterocycles. The van der Waals surface area contributed by atoms with Crippen molar-refractivity contribution < 1.29 is 22.9 Å². The molecule has 0 spiro atoms. The molecule has 0 heterocycles. The molecule has 1 atom stereocenters. The number of carbonyl (C=O) groups excluding carboxylic acids is 2. The van der Waals surface area contributed by atoms with Crippen LogP contribution in [0.4, 0.5) is 11.4 Å². The van der Waals surface area contributed by atoms with Gasteiger partial charge in [-0.2, -0.15) is 0 Å². The predicted octanol–water partition coefficient (Wildman–Crippen LogP) is 4.57. The topological polar surface area (TPSA) is 130 Å². The summed E-state index contributed by atoms with van der Waals surface area (Å²) in [6.45, 7) is 3.07. The lowest BCUT2D eigenvalue weighted by atomic mass is 10.1. The molecule has 0 aromatic heterocycles. The van der Waals surface area contributed by atoms with Crippen molar-refractivity contribution in [2.24, 2.45) is 0 Å². The van der Waals surface area contributed by atoms with Crippen LogP contribution in [0, 0.1) is 17.0 Å². The van der Waals surface area contributed by atoms with Crippen molar-refractivity contribution in [2.75, 3.05) is 10.8 Å². The highest BCUT2D eigenvalue weighted by Crippen LogP contribution is 2.27. The fraction of sp³-hybridized carbons (Fsp3) is 0.333. The van der Waals surface area contributed by atoms with Crippen LogP contribution in [0.1, 0.15) is 43.7 Å². The summed E-state index contributed by atoms with van der Waals surface area (Å²) in [6, 6.07) is 19.4. The largest absolute Gasteiger partial charge is 0.352 e. The number of aryl methyl sites for hydroxylation is 1. The fourth-order valence-corrected chi connectivity index (χ4v) is 6.29. The molecule has 1 N–H and O–H groups in total. The molecule has 11 heteroatoms. The number of sulfonamides is 1. The van der Waals surface area contributed by atoms with Crippen LogP contribution in [0.25, 0.3) is 0 Å². The fourth-order valence-electron chi connectivity index (χ4n) is 4.85. The smallest absolute Gasteiger partial charge is 0.269 e. The van der Waals surface area contributed by atoms with Crippen LogP contribution in [-0.2, 0) is 26.2 Å². The molecular weight excluding hydrogens is 544 g/mol. The molecule has 216 valence electrons. The van der Waals surface area contributed by atoms with E-state index in [4.69, 9.17) is 0 Å². The van der Waals surface area contributed by atoms with E-state index in [0.29, 0.717) is 0 Å². The van der Waals surface area contributed by atoms with E-state index in [1.807, 2.05) is 31.2 Å². The van der Waals surface area contributed by atoms with Crippen LogP contribution >= 0.6 is 0 Å². The number of nitro benzene ring substituents is 1. The molecule has 1 fully saturated rings. The molecule has 1 aliphatic carbocycles. The number of amides is 2. The molecule has 41 heavy (non-hydrogen) atoms. The quantitative estimate of drug-likeness (QED) is 0.262. The lowest BCUT2D eigenvalue weighted by Crippen LogP contribution is -2.52. The zero-order valence-electron chi connectivity index (χ0n) is 23.1. The van der Waals surface area contributed by atoms with Crippen LogP contribution in [-0.4, -0.2) is 48.7 Å². The van der Waals surface area contributed by atoms with Gasteiger partial charge in [0.25, 0.3) is 15.7 Å². The van der Waals surface area contributed by atoms with Crippen LogP contribution < -0.4 is 9.62 Å². The summed E-state index contributed by atoms with van der Waals surface area (Å²) >= 11 is 0. The second kappa shape index (κ2) is 12.9. The minimum atomic E-state index is -4.24. The second-order valence-corrected chi connectivity index (χ2v) is 12.1. The highest BCUT2D eigenvalue weighted by molar-refractivity contribution is 7.92. The van der Waals surface area contributed by atoms with Crippen molar-refractivity contribution in [2.45, 2.75) is 63.1 Å². The summed E-state index contributed by atoms with van der Waals surface area (Å²) in [6.07, 6.45) is 3.83. The first-order valence-electron chi connectivity index (χ1n) is 13.5. The molecule has 1 aliphatic rings. The van der Waals surface area contributed by atoms with E-state index in [0.717, 1.165) is 41.1 Å². The van der Waals surface area contributed by atoms with E-state index in [9.17, 15) is 28.1 Å². The monoisotopic (exact) mass is 578 g/mol. The van der Waals surface area contributed by atoms with Gasteiger partial charge in [-0.3, -0.25) is 24.0 Å². The first kappa shape index (κ1) is 29.7. The Kier molecular flexibility index (Phi) is 9.38. The normalized spacial score (nSPS) is 14.3. The average Bonchev–Trinajstić information content (AvgIpc) is 3.48. The van der Waals surface area contributed by atoms with Gasteiger partial charge in [-0.1, -0.05) is 60.9 Å². The summed E-state index contributed by atoms with van der Waals surface area (Å²) < 4.78 is 28.5. The second-order valence-electron chi connectivity index (χ2n) is 10.3. The molecule has 0 bridgehead atoms. The number of nitrogens with one attached hydrogen (secondary N) is 1. The van der Waals surface area contributed by atoms with E-state index >= 15 is 0 Å². The third kappa shape index (κ3) is 7.29. The number of rotatable bonds is 11. The van der Waals surface area contributed by atoms with Gasteiger partial charge >= 0.3 is 0 Å². The SMILES string of the molecule is Cc1ccc(CN(C(=O)CN(c2ccc([N+](=O)[O-])cc2)S(=O)(=O)c2ccccc2)[C@@H](C)C(=O)NC2CCCC2)cc1. The van der Waals surface area contributed by atoms with Crippen molar-refractivity contribution in [3.8, 4) is 0 Å². The first-order valence-corrected chi connectivity index (χ1v) is 15.0. The Morgan fingerprint density at radius 3 is 2.17 bits per heavy atom. The van der Waals surface area contributed by atoms with Crippen LogP contribution in [0.2, 0.25) is 0 Å². The summed E-state index contributed by atoms with van der Waals surface area (Å²) in [4.78, 5) is 39.2. The molecule has 0 unspecified atom stereocenters. The molecule has 4 rings (SSSR count). The Balaban J connectivity index is 1.68. The molecule has 10 nitrogen and oxygen atoms in total. The van der Waals surface area contributed by atoms with E-state index in [1.54, 1.807) is 25.1 Å². The van der Waals surface area contributed by atoms with E-state index < -0.39 is 33.4 Å². The lowest BCUT2D eigenvalue weighted by molar-refractivity contribution is -0.384.